The number of hydrogen-bond acceptors (Lipinski definition) is 4. The maximum Gasteiger partial charge on any atom is 0.407 e. The lowest BCUT2D eigenvalue weighted by Gasteiger charge is -2.21. The molecule has 0 aliphatic carbocycles. The quantitative estimate of drug-likeness (QED) is 0.854. The van der Waals surface area contributed by atoms with Crippen LogP contribution in [0.4, 0.5) is 4.79 Å². The average Bonchev–Trinajstić information content (AvgIpc) is 2.65. The Morgan fingerprint density at radius 1 is 1.44 bits per heavy atom. The summed E-state index contributed by atoms with van der Waals surface area (Å²) in [5, 5.41) is 6.32. The lowest BCUT2D eigenvalue weighted by molar-refractivity contribution is 0.0506. The summed E-state index contributed by atoms with van der Waals surface area (Å²) in [7, 11) is 0. The van der Waals surface area contributed by atoms with E-state index < -0.39 is 11.7 Å². The molecule has 18 heavy (non-hydrogen) atoms. The molecule has 0 spiro atoms. The van der Waals surface area contributed by atoms with Crippen molar-refractivity contribution in [2.45, 2.75) is 45.8 Å². The molecule has 0 fully saturated rings. The molecule has 1 amide bonds. The normalized spacial score (nSPS) is 12.9. The van der Waals surface area contributed by atoms with Crippen LogP contribution < -0.4 is 5.32 Å². The molecule has 1 rings (SSSR count). The number of carbonyl (C=O) groups excluding carboxylic acids is 2. The Kier molecular flexibility index (Phi) is 4.90. The van der Waals surface area contributed by atoms with Crippen molar-refractivity contribution in [2.24, 2.45) is 0 Å². The molecule has 1 N–H and O–H groups in total. The van der Waals surface area contributed by atoms with Crippen molar-refractivity contribution < 1.29 is 14.3 Å². The number of ether oxygens (including phenoxy) is 1. The Hall–Kier alpha value is -1.36. The van der Waals surface area contributed by atoms with E-state index in [0.717, 1.165) is 0 Å². The predicted molar refractivity (Wildman–Crippen MR) is 72.1 cm³/mol. The highest BCUT2D eigenvalue weighted by atomic mass is 32.1. The second kappa shape index (κ2) is 6.00. The molecule has 4 nitrogen and oxygen atoms in total. The number of amides is 1. The van der Waals surface area contributed by atoms with E-state index in [-0.39, 0.29) is 18.2 Å². The van der Waals surface area contributed by atoms with Crippen LogP contribution in [-0.4, -0.2) is 23.5 Å². The Balaban J connectivity index is 2.40. The molecule has 0 aromatic carbocycles. The van der Waals surface area contributed by atoms with Crippen LogP contribution >= 0.6 is 11.3 Å². The van der Waals surface area contributed by atoms with Gasteiger partial charge in [-0.2, -0.15) is 11.3 Å². The van der Waals surface area contributed by atoms with E-state index in [9.17, 15) is 9.59 Å². The number of carbonyl (C=O) groups is 2. The fraction of sp³-hybridized carbons (Fsp3) is 0.538. The first kappa shape index (κ1) is 14.7. The summed E-state index contributed by atoms with van der Waals surface area (Å²) in [5.41, 5.74) is 0.166. The summed E-state index contributed by atoms with van der Waals surface area (Å²) in [6, 6.07) is 1.54. The highest BCUT2D eigenvalue weighted by Gasteiger charge is 2.19. The van der Waals surface area contributed by atoms with Crippen molar-refractivity contribution in [1.82, 2.24) is 5.32 Å². The van der Waals surface area contributed by atoms with E-state index in [0.29, 0.717) is 5.56 Å². The molecule has 0 aliphatic heterocycles. The van der Waals surface area contributed by atoms with Crippen LogP contribution in [0.3, 0.4) is 0 Å². The van der Waals surface area contributed by atoms with Crippen molar-refractivity contribution in [3.05, 3.63) is 22.4 Å². The molecule has 0 saturated carbocycles. The van der Waals surface area contributed by atoms with Crippen molar-refractivity contribution in [3.8, 4) is 0 Å². The summed E-state index contributed by atoms with van der Waals surface area (Å²) in [5.74, 6) is 0.0276. The summed E-state index contributed by atoms with van der Waals surface area (Å²) < 4.78 is 5.12. The second-order valence-electron chi connectivity index (χ2n) is 5.19. The van der Waals surface area contributed by atoms with Crippen LogP contribution in [0.5, 0.6) is 0 Å². The highest BCUT2D eigenvalue weighted by Crippen LogP contribution is 2.11. The van der Waals surface area contributed by atoms with Crippen LogP contribution in [0, 0.1) is 0 Å². The zero-order valence-corrected chi connectivity index (χ0v) is 12.0. The third-order valence-corrected chi connectivity index (χ3v) is 2.78. The molecule has 1 aromatic heterocycles. The minimum atomic E-state index is -0.527. The van der Waals surface area contributed by atoms with Crippen LogP contribution in [0.25, 0.3) is 0 Å². The second-order valence-corrected chi connectivity index (χ2v) is 5.97. The molecule has 1 aromatic rings. The molecule has 5 heteroatoms. The average molecular weight is 269 g/mol. The van der Waals surface area contributed by atoms with Gasteiger partial charge in [-0.1, -0.05) is 0 Å². The first-order chi connectivity index (χ1) is 8.28. The smallest absolute Gasteiger partial charge is 0.407 e. The summed E-state index contributed by atoms with van der Waals surface area (Å²) in [6.45, 7) is 7.18. The number of ketones is 1. The molecular weight excluding hydrogens is 250 g/mol. The van der Waals surface area contributed by atoms with Gasteiger partial charge in [0.05, 0.1) is 0 Å². The van der Waals surface area contributed by atoms with E-state index in [2.05, 4.69) is 5.32 Å². The Morgan fingerprint density at radius 2 is 2.11 bits per heavy atom. The number of rotatable bonds is 4. The topological polar surface area (TPSA) is 55.4 Å². The summed E-state index contributed by atoms with van der Waals surface area (Å²) in [4.78, 5) is 23.3. The van der Waals surface area contributed by atoms with E-state index in [1.54, 1.807) is 33.8 Å². The molecular formula is C13H19NO3S. The van der Waals surface area contributed by atoms with E-state index in [1.807, 2.05) is 10.8 Å². The SMILES string of the molecule is CC(CC(=O)c1ccsc1)NC(=O)OC(C)(C)C. The van der Waals surface area contributed by atoms with Gasteiger partial charge in [-0.05, 0) is 39.1 Å². The van der Waals surface area contributed by atoms with Gasteiger partial charge in [-0.25, -0.2) is 4.79 Å². The van der Waals surface area contributed by atoms with Gasteiger partial charge in [0, 0.05) is 23.4 Å². The summed E-state index contributed by atoms with van der Waals surface area (Å²) in [6.07, 6.45) is -0.219. The van der Waals surface area contributed by atoms with Crippen molar-refractivity contribution in [2.75, 3.05) is 0 Å². The molecule has 0 radical (unpaired) electrons. The third kappa shape index (κ3) is 5.31. The maximum absolute atomic E-state index is 11.8. The number of alkyl carbamates (subject to hydrolysis) is 1. The third-order valence-electron chi connectivity index (χ3n) is 2.10. The van der Waals surface area contributed by atoms with Crippen molar-refractivity contribution >= 4 is 23.2 Å². The Labute approximate surface area is 111 Å². The van der Waals surface area contributed by atoms with Gasteiger partial charge in [0.25, 0.3) is 0 Å². The van der Waals surface area contributed by atoms with Crippen LogP contribution in [0.1, 0.15) is 44.5 Å². The van der Waals surface area contributed by atoms with Gasteiger partial charge in [-0.15, -0.1) is 0 Å². The largest absolute Gasteiger partial charge is 0.444 e. The van der Waals surface area contributed by atoms with Crippen LogP contribution in [0.15, 0.2) is 16.8 Å². The summed E-state index contributed by atoms with van der Waals surface area (Å²) >= 11 is 1.48. The first-order valence-corrected chi connectivity index (χ1v) is 6.77. The van der Waals surface area contributed by atoms with Crippen LogP contribution in [-0.2, 0) is 4.74 Å². The highest BCUT2D eigenvalue weighted by molar-refractivity contribution is 7.08. The molecule has 0 aliphatic rings. The molecule has 0 bridgehead atoms. The minimum absolute atomic E-state index is 0.0276. The van der Waals surface area contributed by atoms with Crippen LogP contribution in [0.2, 0.25) is 0 Å². The van der Waals surface area contributed by atoms with Crippen molar-refractivity contribution in [1.29, 1.82) is 0 Å². The van der Waals surface area contributed by atoms with E-state index in [1.165, 1.54) is 11.3 Å². The Bertz CT molecular complexity index is 406. The van der Waals surface area contributed by atoms with Gasteiger partial charge in [0.15, 0.2) is 5.78 Å². The van der Waals surface area contributed by atoms with Gasteiger partial charge < -0.3 is 10.1 Å². The van der Waals surface area contributed by atoms with Gasteiger partial charge >= 0.3 is 6.09 Å². The van der Waals surface area contributed by atoms with Gasteiger partial charge in [0.1, 0.15) is 5.60 Å². The minimum Gasteiger partial charge on any atom is -0.444 e. The monoisotopic (exact) mass is 269 g/mol. The molecule has 1 heterocycles. The van der Waals surface area contributed by atoms with Gasteiger partial charge in [-0.3, -0.25) is 4.79 Å². The first-order valence-electron chi connectivity index (χ1n) is 5.83. The number of nitrogens with one attached hydrogen (secondary N) is 1. The Morgan fingerprint density at radius 3 is 2.61 bits per heavy atom. The fourth-order valence-electron chi connectivity index (χ4n) is 1.38. The van der Waals surface area contributed by atoms with Crippen molar-refractivity contribution in [3.63, 3.8) is 0 Å². The lowest BCUT2D eigenvalue weighted by atomic mass is 10.1. The van der Waals surface area contributed by atoms with Gasteiger partial charge in [0.2, 0.25) is 0 Å². The number of hydrogen-bond donors (Lipinski definition) is 1. The molecule has 0 saturated heterocycles. The zero-order valence-electron chi connectivity index (χ0n) is 11.1. The molecule has 1 atom stereocenters. The maximum atomic E-state index is 11.8. The number of thiophene rings is 1. The lowest BCUT2D eigenvalue weighted by Crippen LogP contribution is -2.38. The number of Topliss-reactive ketones (excluding diaryl/α,β-unsaturated/α-hetero) is 1. The molecule has 100 valence electrons. The predicted octanol–water partition coefficient (Wildman–Crippen LogP) is 3.23. The fourth-order valence-corrected chi connectivity index (χ4v) is 2.04. The zero-order chi connectivity index (χ0) is 13.8. The van der Waals surface area contributed by atoms with E-state index >= 15 is 0 Å². The standard InChI is InChI=1S/C13H19NO3S/c1-9(14-12(16)17-13(2,3)4)7-11(15)10-5-6-18-8-10/h5-6,8-9H,7H2,1-4H3,(H,14,16). The molecule has 1 unspecified atom stereocenters. The van der Waals surface area contributed by atoms with E-state index in [4.69, 9.17) is 4.74 Å².